The Morgan fingerprint density at radius 1 is 0.968 bits per heavy atom. The zero-order chi connectivity index (χ0) is 21.8. The number of halogens is 1. The number of rotatable bonds is 4. The fourth-order valence-electron chi connectivity index (χ4n) is 4.19. The van der Waals surface area contributed by atoms with E-state index in [2.05, 4.69) is 5.32 Å². The van der Waals surface area contributed by atoms with Gasteiger partial charge in [0.2, 0.25) is 0 Å². The number of ether oxygens (including phenoxy) is 1. The van der Waals surface area contributed by atoms with Gasteiger partial charge in [-0.1, -0.05) is 55.8 Å². The number of anilines is 1. The van der Waals surface area contributed by atoms with Crippen LogP contribution in [0, 0.1) is 0 Å². The number of carbonyl (C=O) groups is 1. The van der Waals surface area contributed by atoms with Crippen LogP contribution in [-0.2, 0) is 14.8 Å². The largest absolute Gasteiger partial charge is 0.476 e. The van der Waals surface area contributed by atoms with E-state index in [1.807, 2.05) is 0 Å². The molecule has 0 aromatic heterocycles. The molecule has 31 heavy (non-hydrogen) atoms. The van der Waals surface area contributed by atoms with Gasteiger partial charge < -0.3 is 10.1 Å². The van der Waals surface area contributed by atoms with E-state index in [-0.39, 0.29) is 23.4 Å². The maximum Gasteiger partial charge on any atom is 0.264 e. The molecule has 2 aromatic rings. The monoisotopic (exact) mass is 462 g/mol. The van der Waals surface area contributed by atoms with Crippen molar-refractivity contribution in [3.05, 3.63) is 53.6 Å². The van der Waals surface area contributed by atoms with Gasteiger partial charge in [0.1, 0.15) is 5.75 Å². The predicted molar refractivity (Wildman–Crippen MR) is 121 cm³/mol. The molecule has 1 fully saturated rings. The Bertz CT molecular complexity index is 1020. The summed E-state index contributed by atoms with van der Waals surface area (Å²) in [5.74, 6) is 0.112. The number of carbonyl (C=O) groups excluding carboxylic acids is 1. The minimum Gasteiger partial charge on any atom is -0.476 e. The van der Waals surface area contributed by atoms with Crippen LogP contribution in [0.5, 0.6) is 5.75 Å². The minimum atomic E-state index is -3.89. The van der Waals surface area contributed by atoms with Crippen molar-refractivity contribution in [2.45, 2.75) is 62.0 Å². The van der Waals surface area contributed by atoms with Crippen LogP contribution in [0.15, 0.2) is 53.4 Å². The van der Waals surface area contributed by atoms with E-state index < -0.39 is 16.1 Å². The summed E-state index contributed by atoms with van der Waals surface area (Å²) >= 11 is 5.93. The first-order valence-electron chi connectivity index (χ1n) is 10.8. The Labute approximate surface area is 188 Å². The Morgan fingerprint density at radius 3 is 2.32 bits per heavy atom. The van der Waals surface area contributed by atoms with Gasteiger partial charge in [-0.05, 0) is 49.2 Å². The van der Waals surface area contributed by atoms with Gasteiger partial charge in [-0.15, -0.1) is 0 Å². The van der Waals surface area contributed by atoms with Crippen molar-refractivity contribution in [2.75, 3.05) is 10.8 Å². The molecule has 6 nitrogen and oxygen atoms in total. The van der Waals surface area contributed by atoms with Crippen LogP contribution in [0.3, 0.4) is 0 Å². The number of fused-ring (bicyclic) bond motifs is 1. The third-order valence-electron chi connectivity index (χ3n) is 5.88. The normalized spacial score (nSPS) is 20.2. The number of para-hydroxylation sites is 2. The number of hydrogen-bond donors (Lipinski definition) is 1. The molecular weight excluding hydrogens is 436 g/mol. The van der Waals surface area contributed by atoms with Gasteiger partial charge in [0, 0.05) is 11.1 Å². The fourth-order valence-corrected chi connectivity index (χ4v) is 5.80. The quantitative estimate of drug-likeness (QED) is 0.724. The van der Waals surface area contributed by atoms with Crippen molar-refractivity contribution in [1.29, 1.82) is 0 Å². The average Bonchev–Trinajstić information content (AvgIpc) is 2.75. The zero-order valence-electron chi connectivity index (χ0n) is 17.3. The molecule has 1 aliphatic heterocycles. The van der Waals surface area contributed by atoms with E-state index in [0.29, 0.717) is 16.5 Å². The predicted octanol–water partition coefficient (Wildman–Crippen LogP) is 4.53. The smallest absolute Gasteiger partial charge is 0.264 e. The zero-order valence-corrected chi connectivity index (χ0v) is 18.9. The number of sulfonamides is 1. The number of hydrogen-bond acceptors (Lipinski definition) is 4. The van der Waals surface area contributed by atoms with Crippen LogP contribution in [-0.4, -0.2) is 33.0 Å². The number of nitrogens with zero attached hydrogens (tertiary/aromatic N) is 1. The highest BCUT2D eigenvalue weighted by Gasteiger charge is 2.37. The van der Waals surface area contributed by atoms with Gasteiger partial charge in [-0.2, -0.15) is 0 Å². The van der Waals surface area contributed by atoms with Crippen LogP contribution >= 0.6 is 11.6 Å². The summed E-state index contributed by atoms with van der Waals surface area (Å²) in [4.78, 5) is 13.2. The third-order valence-corrected chi connectivity index (χ3v) is 7.93. The molecule has 1 atom stereocenters. The molecule has 1 amide bonds. The van der Waals surface area contributed by atoms with E-state index in [0.717, 1.165) is 25.7 Å². The lowest BCUT2D eigenvalue weighted by molar-refractivity contribution is -0.128. The SMILES string of the molecule is O=C(NC1CCCCCCC1)C1CN(S(=O)(=O)c2ccc(Cl)cc2)c2ccccc2O1. The van der Waals surface area contributed by atoms with E-state index in [1.165, 1.54) is 35.7 Å². The molecule has 0 radical (unpaired) electrons. The summed E-state index contributed by atoms with van der Waals surface area (Å²) in [6.07, 6.45) is 6.79. The second kappa shape index (κ2) is 9.49. The molecule has 1 saturated carbocycles. The van der Waals surface area contributed by atoms with E-state index in [1.54, 1.807) is 36.4 Å². The van der Waals surface area contributed by atoms with Crippen molar-refractivity contribution in [1.82, 2.24) is 5.32 Å². The van der Waals surface area contributed by atoms with E-state index in [9.17, 15) is 13.2 Å². The Morgan fingerprint density at radius 2 is 1.61 bits per heavy atom. The number of nitrogens with one attached hydrogen (secondary N) is 1. The lowest BCUT2D eigenvalue weighted by Crippen LogP contribution is -2.52. The molecule has 0 bridgehead atoms. The number of amides is 1. The molecule has 1 heterocycles. The Hall–Kier alpha value is -2.25. The molecule has 1 aliphatic carbocycles. The molecule has 8 heteroatoms. The highest BCUT2D eigenvalue weighted by molar-refractivity contribution is 7.92. The van der Waals surface area contributed by atoms with Gasteiger partial charge in [0.25, 0.3) is 15.9 Å². The van der Waals surface area contributed by atoms with Crippen LogP contribution < -0.4 is 14.4 Å². The van der Waals surface area contributed by atoms with Crippen LogP contribution in [0.25, 0.3) is 0 Å². The molecule has 1 unspecified atom stereocenters. The standard InChI is InChI=1S/C23H27ClN2O4S/c24-17-12-14-19(15-13-17)31(28,29)26-16-22(30-21-11-7-6-10-20(21)26)23(27)25-18-8-4-2-1-3-5-9-18/h6-7,10-15,18,22H,1-5,8-9,16H2,(H,25,27). The molecule has 4 rings (SSSR count). The first-order valence-corrected chi connectivity index (χ1v) is 12.6. The third kappa shape index (κ3) is 4.99. The van der Waals surface area contributed by atoms with Gasteiger partial charge in [-0.25, -0.2) is 8.42 Å². The molecule has 166 valence electrons. The lowest BCUT2D eigenvalue weighted by atomic mass is 9.96. The van der Waals surface area contributed by atoms with Crippen molar-refractivity contribution in [3.63, 3.8) is 0 Å². The minimum absolute atomic E-state index is 0.0828. The van der Waals surface area contributed by atoms with Crippen LogP contribution in [0.4, 0.5) is 5.69 Å². The highest BCUT2D eigenvalue weighted by Crippen LogP contribution is 2.37. The van der Waals surface area contributed by atoms with Gasteiger partial charge in [-0.3, -0.25) is 9.10 Å². The van der Waals surface area contributed by atoms with E-state index in [4.69, 9.17) is 16.3 Å². The second-order valence-corrected chi connectivity index (χ2v) is 10.4. The summed E-state index contributed by atoms with van der Waals surface area (Å²) < 4.78 is 34.0. The molecule has 1 N–H and O–H groups in total. The van der Waals surface area contributed by atoms with Gasteiger partial charge >= 0.3 is 0 Å². The molecular formula is C23H27ClN2O4S. The first kappa shape index (κ1) is 22.0. The summed E-state index contributed by atoms with van der Waals surface area (Å²) in [5.41, 5.74) is 0.424. The molecule has 0 spiro atoms. The summed E-state index contributed by atoms with van der Waals surface area (Å²) in [6.45, 7) is -0.0828. The van der Waals surface area contributed by atoms with Crippen LogP contribution in [0.1, 0.15) is 44.9 Å². The first-order chi connectivity index (χ1) is 14.9. The van der Waals surface area contributed by atoms with Gasteiger partial charge in [0.05, 0.1) is 17.1 Å². The maximum atomic E-state index is 13.4. The maximum absolute atomic E-state index is 13.4. The van der Waals surface area contributed by atoms with Crippen molar-refractivity contribution in [3.8, 4) is 5.75 Å². The summed E-state index contributed by atoms with van der Waals surface area (Å²) in [6, 6.07) is 13.0. The lowest BCUT2D eigenvalue weighted by Gasteiger charge is -2.35. The highest BCUT2D eigenvalue weighted by atomic mass is 35.5. The number of benzene rings is 2. The van der Waals surface area contributed by atoms with Crippen molar-refractivity contribution >= 4 is 33.2 Å². The fraction of sp³-hybridized carbons (Fsp3) is 0.435. The van der Waals surface area contributed by atoms with Crippen LogP contribution in [0.2, 0.25) is 5.02 Å². The average molecular weight is 463 g/mol. The topological polar surface area (TPSA) is 75.7 Å². The van der Waals surface area contributed by atoms with Crippen molar-refractivity contribution in [2.24, 2.45) is 0 Å². The summed E-state index contributed by atoms with van der Waals surface area (Å²) in [7, 11) is -3.89. The summed E-state index contributed by atoms with van der Waals surface area (Å²) in [5, 5.41) is 3.56. The molecule has 2 aromatic carbocycles. The van der Waals surface area contributed by atoms with Crippen molar-refractivity contribution < 1.29 is 17.9 Å². The van der Waals surface area contributed by atoms with E-state index >= 15 is 0 Å². The Kier molecular flexibility index (Phi) is 6.72. The molecule has 2 aliphatic rings. The molecule has 0 saturated heterocycles. The Balaban J connectivity index is 1.58. The van der Waals surface area contributed by atoms with Gasteiger partial charge in [0.15, 0.2) is 6.10 Å². The second-order valence-electron chi connectivity index (χ2n) is 8.11.